The number of thioether (sulfide) groups is 1. The average Bonchev–Trinajstić information content (AvgIpc) is 3.12. The summed E-state index contributed by atoms with van der Waals surface area (Å²) in [6.07, 6.45) is 0. The highest BCUT2D eigenvalue weighted by Gasteiger charge is 2.21. The number of anilines is 1. The van der Waals surface area contributed by atoms with Gasteiger partial charge in [0.15, 0.2) is 0 Å². The van der Waals surface area contributed by atoms with Crippen LogP contribution < -0.4 is 10.1 Å². The fourth-order valence-electron chi connectivity index (χ4n) is 3.02. The third kappa shape index (κ3) is 4.17. The number of nitrogens with one attached hydrogen (secondary N) is 1. The molecule has 0 fully saturated rings. The summed E-state index contributed by atoms with van der Waals surface area (Å²) < 4.78 is 6.97. The van der Waals surface area contributed by atoms with Crippen LogP contribution in [0.15, 0.2) is 41.6 Å². The Bertz CT molecular complexity index is 979. The lowest BCUT2D eigenvalue weighted by Gasteiger charge is -2.16. The maximum atomic E-state index is 12.8. The van der Waals surface area contributed by atoms with Crippen LogP contribution in [0.2, 0.25) is 0 Å². The average molecular weight is 398 g/mol. The first-order valence-electron chi connectivity index (χ1n) is 8.88. The fourth-order valence-corrected chi connectivity index (χ4v) is 3.82. The summed E-state index contributed by atoms with van der Waals surface area (Å²) in [6.45, 7) is 7.87. The number of aromatic nitrogens is 4. The van der Waals surface area contributed by atoms with E-state index in [1.54, 1.807) is 11.8 Å². The first-order valence-corrected chi connectivity index (χ1v) is 9.75. The number of tetrazole rings is 1. The standard InChI is InChI=1S/C20H23N5O2S/c1-12-10-13(2)18(14(3)11-12)21-19(26)15(4)28-20-22-23-24-25(20)16-8-6-7-9-17(16)27-5/h6-11,15H,1-5H3,(H,21,26). The quantitative estimate of drug-likeness (QED) is 0.639. The second-order valence-corrected chi connectivity index (χ2v) is 7.88. The molecule has 28 heavy (non-hydrogen) atoms. The van der Waals surface area contributed by atoms with Crippen molar-refractivity contribution in [1.82, 2.24) is 20.2 Å². The van der Waals surface area contributed by atoms with Gasteiger partial charge in [-0.15, -0.1) is 5.10 Å². The number of benzene rings is 2. The minimum Gasteiger partial charge on any atom is -0.494 e. The van der Waals surface area contributed by atoms with Gasteiger partial charge in [-0.1, -0.05) is 41.6 Å². The molecule has 1 aromatic heterocycles. The van der Waals surface area contributed by atoms with E-state index >= 15 is 0 Å². The van der Waals surface area contributed by atoms with Crippen molar-refractivity contribution in [3.8, 4) is 11.4 Å². The van der Waals surface area contributed by atoms with Gasteiger partial charge < -0.3 is 10.1 Å². The Morgan fingerprint density at radius 1 is 1.18 bits per heavy atom. The van der Waals surface area contributed by atoms with Crippen LogP contribution in [-0.4, -0.2) is 38.5 Å². The monoisotopic (exact) mass is 397 g/mol. The third-order valence-electron chi connectivity index (χ3n) is 4.33. The third-order valence-corrected chi connectivity index (χ3v) is 5.36. The Hall–Kier alpha value is -2.87. The van der Waals surface area contributed by atoms with Crippen molar-refractivity contribution < 1.29 is 9.53 Å². The zero-order valence-corrected chi connectivity index (χ0v) is 17.4. The van der Waals surface area contributed by atoms with Gasteiger partial charge in [0.25, 0.3) is 0 Å². The van der Waals surface area contributed by atoms with E-state index in [9.17, 15) is 4.79 Å². The Morgan fingerprint density at radius 2 is 1.86 bits per heavy atom. The summed E-state index contributed by atoms with van der Waals surface area (Å²) in [5.41, 5.74) is 4.83. The molecular formula is C20H23N5O2S. The van der Waals surface area contributed by atoms with Crippen LogP contribution >= 0.6 is 11.8 Å². The summed E-state index contributed by atoms with van der Waals surface area (Å²) in [5.74, 6) is 0.550. The number of rotatable bonds is 6. The van der Waals surface area contributed by atoms with E-state index in [2.05, 4.69) is 33.0 Å². The molecule has 146 valence electrons. The number of hydrogen-bond acceptors (Lipinski definition) is 6. The van der Waals surface area contributed by atoms with E-state index in [-0.39, 0.29) is 11.2 Å². The molecular weight excluding hydrogens is 374 g/mol. The summed E-state index contributed by atoms with van der Waals surface area (Å²) in [4.78, 5) is 12.8. The summed E-state index contributed by atoms with van der Waals surface area (Å²) >= 11 is 1.29. The van der Waals surface area contributed by atoms with E-state index in [4.69, 9.17) is 4.74 Å². The first kappa shape index (κ1) is 19.9. The van der Waals surface area contributed by atoms with Crippen LogP contribution in [-0.2, 0) is 4.79 Å². The lowest BCUT2D eigenvalue weighted by atomic mass is 10.1. The second kappa shape index (κ2) is 8.43. The zero-order chi connectivity index (χ0) is 20.3. The molecule has 1 atom stereocenters. The normalized spacial score (nSPS) is 11.9. The molecule has 0 saturated heterocycles. The molecule has 0 aliphatic carbocycles. The molecule has 2 aromatic carbocycles. The Morgan fingerprint density at radius 3 is 2.54 bits per heavy atom. The molecule has 7 nitrogen and oxygen atoms in total. The number of amides is 1. The number of aryl methyl sites for hydroxylation is 3. The van der Waals surface area contributed by atoms with E-state index < -0.39 is 0 Å². The molecule has 8 heteroatoms. The highest BCUT2D eigenvalue weighted by Crippen LogP contribution is 2.29. The number of ether oxygens (including phenoxy) is 1. The number of carbonyl (C=O) groups excluding carboxylic acids is 1. The van der Waals surface area contributed by atoms with Crippen molar-refractivity contribution in [3.05, 3.63) is 53.1 Å². The predicted molar refractivity (Wildman–Crippen MR) is 110 cm³/mol. The van der Waals surface area contributed by atoms with Crippen LogP contribution in [0.5, 0.6) is 5.75 Å². The molecule has 0 aliphatic rings. The SMILES string of the molecule is COc1ccccc1-n1nnnc1SC(C)C(=O)Nc1c(C)cc(C)cc1C. The first-order chi connectivity index (χ1) is 13.4. The predicted octanol–water partition coefficient (Wildman–Crippen LogP) is 3.72. The van der Waals surface area contributed by atoms with Crippen molar-refractivity contribution in [2.75, 3.05) is 12.4 Å². The highest BCUT2D eigenvalue weighted by atomic mass is 32.2. The molecule has 0 spiro atoms. The van der Waals surface area contributed by atoms with Gasteiger partial charge in [0.2, 0.25) is 11.1 Å². The molecule has 3 aromatic rings. The molecule has 1 N–H and O–H groups in total. The van der Waals surface area contributed by atoms with Crippen molar-refractivity contribution in [1.29, 1.82) is 0 Å². The molecule has 3 rings (SSSR count). The van der Waals surface area contributed by atoms with Crippen molar-refractivity contribution in [2.45, 2.75) is 38.1 Å². The van der Waals surface area contributed by atoms with Crippen molar-refractivity contribution in [2.24, 2.45) is 0 Å². The van der Waals surface area contributed by atoms with Gasteiger partial charge in [-0.2, -0.15) is 4.68 Å². The number of para-hydroxylation sites is 2. The number of carbonyl (C=O) groups is 1. The van der Waals surface area contributed by atoms with Gasteiger partial charge in [0.1, 0.15) is 11.4 Å². The molecule has 1 heterocycles. The van der Waals surface area contributed by atoms with Crippen molar-refractivity contribution >= 4 is 23.4 Å². The molecule has 0 bridgehead atoms. The van der Waals surface area contributed by atoms with E-state index in [1.165, 1.54) is 17.3 Å². The fraction of sp³-hybridized carbons (Fsp3) is 0.300. The summed E-state index contributed by atoms with van der Waals surface area (Å²) in [5, 5.41) is 15.1. The number of methoxy groups -OCH3 is 1. The second-order valence-electron chi connectivity index (χ2n) is 6.57. The maximum Gasteiger partial charge on any atom is 0.237 e. The minimum atomic E-state index is -0.389. The maximum absolute atomic E-state index is 12.8. The van der Waals surface area contributed by atoms with E-state index in [0.717, 1.165) is 22.5 Å². The van der Waals surface area contributed by atoms with E-state index in [1.807, 2.05) is 52.0 Å². The Balaban J connectivity index is 1.78. The molecule has 0 saturated carbocycles. The van der Waals surface area contributed by atoms with Crippen LogP contribution in [0.3, 0.4) is 0 Å². The molecule has 0 radical (unpaired) electrons. The van der Waals surface area contributed by atoms with Crippen LogP contribution in [0.25, 0.3) is 5.69 Å². The number of nitrogens with zero attached hydrogens (tertiary/aromatic N) is 4. The van der Waals surface area contributed by atoms with Gasteiger partial charge in [-0.3, -0.25) is 4.79 Å². The van der Waals surface area contributed by atoms with Crippen LogP contribution in [0, 0.1) is 20.8 Å². The lowest BCUT2D eigenvalue weighted by molar-refractivity contribution is -0.115. The minimum absolute atomic E-state index is 0.102. The smallest absolute Gasteiger partial charge is 0.237 e. The van der Waals surface area contributed by atoms with Gasteiger partial charge in [-0.25, -0.2) is 0 Å². The van der Waals surface area contributed by atoms with Gasteiger partial charge >= 0.3 is 0 Å². The summed E-state index contributed by atoms with van der Waals surface area (Å²) in [6, 6.07) is 11.6. The van der Waals surface area contributed by atoms with Crippen molar-refractivity contribution in [3.63, 3.8) is 0 Å². The van der Waals surface area contributed by atoms with Crippen LogP contribution in [0.4, 0.5) is 5.69 Å². The highest BCUT2D eigenvalue weighted by molar-refractivity contribution is 8.00. The Kier molecular flexibility index (Phi) is 5.99. The molecule has 1 unspecified atom stereocenters. The summed E-state index contributed by atoms with van der Waals surface area (Å²) in [7, 11) is 1.60. The topological polar surface area (TPSA) is 81.9 Å². The van der Waals surface area contributed by atoms with E-state index in [0.29, 0.717) is 10.9 Å². The van der Waals surface area contributed by atoms with Gasteiger partial charge in [0, 0.05) is 5.69 Å². The van der Waals surface area contributed by atoms with Gasteiger partial charge in [0.05, 0.1) is 12.4 Å². The number of hydrogen-bond donors (Lipinski definition) is 1. The molecule has 1 amide bonds. The molecule has 0 aliphatic heterocycles. The Labute approximate surface area is 168 Å². The van der Waals surface area contributed by atoms with Crippen LogP contribution in [0.1, 0.15) is 23.6 Å². The zero-order valence-electron chi connectivity index (χ0n) is 16.6. The largest absolute Gasteiger partial charge is 0.494 e. The lowest BCUT2D eigenvalue weighted by Crippen LogP contribution is -2.24. The van der Waals surface area contributed by atoms with Gasteiger partial charge in [-0.05, 0) is 61.4 Å².